The molecule has 0 unspecified atom stereocenters. The van der Waals surface area contributed by atoms with Gasteiger partial charge in [0, 0.05) is 17.1 Å². The van der Waals surface area contributed by atoms with Gasteiger partial charge in [0.25, 0.3) is 0 Å². The van der Waals surface area contributed by atoms with Gasteiger partial charge in [-0.2, -0.15) is 11.3 Å². The second kappa shape index (κ2) is 3.76. The van der Waals surface area contributed by atoms with E-state index in [-0.39, 0.29) is 5.49 Å². The molecule has 2 N–H and O–H groups in total. The lowest BCUT2D eigenvalue weighted by molar-refractivity contribution is 1.06. The van der Waals surface area contributed by atoms with E-state index >= 15 is 0 Å². The summed E-state index contributed by atoms with van der Waals surface area (Å²) < 4.78 is 1.89. The Hall–Kier alpha value is -2.47. The van der Waals surface area contributed by atoms with Crippen LogP contribution in [0.15, 0.2) is 41.2 Å². The number of aromatic nitrogens is 4. The van der Waals surface area contributed by atoms with Crippen molar-refractivity contribution in [2.75, 3.05) is 0 Å². The van der Waals surface area contributed by atoms with Gasteiger partial charge >= 0.3 is 0 Å². The van der Waals surface area contributed by atoms with Crippen molar-refractivity contribution in [1.29, 1.82) is 5.41 Å². The first-order valence-corrected chi connectivity index (χ1v) is 6.71. The average Bonchev–Trinajstić information content (AvgIpc) is 3.08. The first-order valence-electron chi connectivity index (χ1n) is 5.77. The molecule has 0 aliphatic heterocycles. The molecule has 4 rings (SSSR count). The van der Waals surface area contributed by atoms with Crippen LogP contribution in [-0.2, 0) is 0 Å². The zero-order valence-corrected chi connectivity index (χ0v) is 10.6. The van der Waals surface area contributed by atoms with Gasteiger partial charge in [-0.15, -0.1) is 0 Å². The van der Waals surface area contributed by atoms with Crippen molar-refractivity contribution in [1.82, 2.24) is 19.4 Å². The first kappa shape index (κ1) is 10.5. The summed E-state index contributed by atoms with van der Waals surface area (Å²) in [5, 5.41) is 12.0. The highest BCUT2D eigenvalue weighted by Gasteiger charge is 2.10. The molecule has 0 saturated carbocycles. The van der Waals surface area contributed by atoms with Gasteiger partial charge in [0.15, 0.2) is 11.1 Å². The Bertz CT molecular complexity index is 933. The van der Waals surface area contributed by atoms with E-state index in [1.807, 2.05) is 45.6 Å². The number of rotatable bonds is 1. The van der Waals surface area contributed by atoms with Crippen LogP contribution in [0, 0.1) is 5.41 Å². The lowest BCUT2D eigenvalue weighted by atomic mass is 10.3. The molecule has 0 aliphatic rings. The summed E-state index contributed by atoms with van der Waals surface area (Å²) in [4.78, 5) is 12.0. The third-order valence-corrected chi connectivity index (χ3v) is 3.69. The molecule has 0 fully saturated rings. The maximum absolute atomic E-state index is 7.99. The van der Waals surface area contributed by atoms with E-state index in [0.717, 1.165) is 22.7 Å². The molecule has 0 saturated heterocycles. The third kappa shape index (κ3) is 1.50. The van der Waals surface area contributed by atoms with Gasteiger partial charge in [0.05, 0.1) is 0 Å². The average molecular weight is 267 g/mol. The summed E-state index contributed by atoms with van der Waals surface area (Å²) in [7, 11) is 0. The summed E-state index contributed by atoms with van der Waals surface area (Å²) >= 11 is 1.62. The van der Waals surface area contributed by atoms with Crippen molar-refractivity contribution in [2.45, 2.75) is 0 Å². The van der Waals surface area contributed by atoms with Gasteiger partial charge in [0.1, 0.15) is 17.0 Å². The van der Waals surface area contributed by atoms with Crippen molar-refractivity contribution in [2.24, 2.45) is 0 Å². The SMILES string of the molecule is N=c1nc2ccccn2c2nc(-c3ccsc3)[nH]c12. The molecular formula is C13H9N5S. The minimum absolute atomic E-state index is 0.218. The number of hydrogen-bond acceptors (Lipinski definition) is 4. The fourth-order valence-electron chi connectivity index (χ4n) is 2.11. The van der Waals surface area contributed by atoms with Crippen LogP contribution in [-0.4, -0.2) is 19.4 Å². The zero-order valence-electron chi connectivity index (χ0n) is 9.79. The number of nitrogens with zero attached hydrogens (tertiary/aromatic N) is 3. The molecule has 0 spiro atoms. The molecule has 0 bridgehead atoms. The van der Waals surface area contributed by atoms with Gasteiger partial charge in [-0.05, 0) is 23.6 Å². The Labute approximate surface area is 111 Å². The smallest absolute Gasteiger partial charge is 0.174 e. The van der Waals surface area contributed by atoms with Crippen LogP contribution in [0.4, 0.5) is 0 Å². The van der Waals surface area contributed by atoms with Crippen LogP contribution in [0.3, 0.4) is 0 Å². The Morgan fingerprint density at radius 2 is 2.16 bits per heavy atom. The number of nitrogens with one attached hydrogen (secondary N) is 2. The highest BCUT2D eigenvalue weighted by Crippen LogP contribution is 2.21. The van der Waals surface area contributed by atoms with Crippen LogP contribution >= 0.6 is 11.3 Å². The van der Waals surface area contributed by atoms with E-state index in [1.165, 1.54) is 0 Å². The second-order valence-electron chi connectivity index (χ2n) is 4.19. The first-order chi connectivity index (χ1) is 9.33. The van der Waals surface area contributed by atoms with Crippen molar-refractivity contribution < 1.29 is 0 Å². The molecule has 92 valence electrons. The van der Waals surface area contributed by atoms with Gasteiger partial charge in [0.2, 0.25) is 0 Å². The molecule has 4 aromatic rings. The maximum Gasteiger partial charge on any atom is 0.174 e. The molecule has 0 atom stereocenters. The van der Waals surface area contributed by atoms with E-state index in [0.29, 0.717) is 5.52 Å². The summed E-state index contributed by atoms with van der Waals surface area (Å²) in [6.07, 6.45) is 1.91. The lowest BCUT2D eigenvalue weighted by Crippen LogP contribution is -2.10. The number of imidazole rings is 1. The molecule has 5 nitrogen and oxygen atoms in total. The normalized spacial score (nSPS) is 11.4. The Balaban J connectivity index is 2.16. The number of hydrogen-bond donors (Lipinski definition) is 2. The van der Waals surface area contributed by atoms with E-state index in [4.69, 9.17) is 5.41 Å². The van der Waals surface area contributed by atoms with Gasteiger partial charge in [-0.25, -0.2) is 9.97 Å². The van der Waals surface area contributed by atoms with Crippen LogP contribution in [0.25, 0.3) is 28.2 Å². The minimum atomic E-state index is 0.218. The Kier molecular flexibility index (Phi) is 2.07. The van der Waals surface area contributed by atoms with Crippen LogP contribution in [0.5, 0.6) is 0 Å². The molecule has 0 radical (unpaired) electrons. The molecule has 6 heteroatoms. The van der Waals surface area contributed by atoms with Gasteiger partial charge < -0.3 is 4.98 Å². The summed E-state index contributed by atoms with van der Waals surface area (Å²) in [5.74, 6) is 0.774. The van der Waals surface area contributed by atoms with Crippen LogP contribution < -0.4 is 5.49 Å². The number of thiophene rings is 1. The van der Waals surface area contributed by atoms with Crippen LogP contribution in [0.1, 0.15) is 0 Å². The minimum Gasteiger partial charge on any atom is -0.333 e. The fraction of sp³-hybridized carbons (Fsp3) is 0. The van der Waals surface area contributed by atoms with E-state index in [2.05, 4.69) is 15.0 Å². The molecule has 0 aromatic carbocycles. The number of fused-ring (bicyclic) bond motifs is 3. The van der Waals surface area contributed by atoms with Gasteiger partial charge in [-0.1, -0.05) is 6.07 Å². The molecule has 4 heterocycles. The molecule has 0 aliphatic carbocycles. The Morgan fingerprint density at radius 1 is 1.21 bits per heavy atom. The van der Waals surface area contributed by atoms with E-state index < -0.39 is 0 Å². The monoisotopic (exact) mass is 267 g/mol. The summed E-state index contributed by atoms with van der Waals surface area (Å²) in [6.45, 7) is 0. The summed E-state index contributed by atoms with van der Waals surface area (Å²) in [5.41, 5.74) is 3.37. The van der Waals surface area contributed by atoms with Gasteiger partial charge in [-0.3, -0.25) is 9.81 Å². The third-order valence-electron chi connectivity index (χ3n) is 3.01. The molecule has 0 amide bonds. The van der Waals surface area contributed by atoms with E-state index in [9.17, 15) is 0 Å². The van der Waals surface area contributed by atoms with Crippen molar-refractivity contribution in [3.63, 3.8) is 0 Å². The predicted octanol–water partition coefficient (Wildman–Crippen LogP) is 2.42. The highest BCUT2D eigenvalue weighted by atomic mass is 32.1. The van der Waals surface area contributed by atoms with E-state index in [1.54, 1.807) is 11.3 Å². The highest BCUT2D eigenvalue weighted by molar-refractivity contribution is 7.08. The summed E-state index contributed by atoms with van der Waals surface area (Å²) in [6, 6.07) is 7.71. The molecular weight excluding hydrogens is 258 g/mol. The largest absolute Gasteiger partial charge is 0.333 e. The number of aromatic amines is 1. The van der Waals surface area contributed by atoms with Crippen molar-refractivity contribution >= 4 is 28.1 Å². The molecule has 19 heavy (non-hydrogen) atoms. The zero-order chi connectivity index (χ0) is 12.8. The Morgan fingerprint density at radius 3 is 3.00 bits per heavy atom. The quantitative estimate of drug-likeness (QED) is 0.556. The fourth-order valence-corrected chi connectivity index (χ4v) is 2.75. The predicted molar refractivity (Wildman–Crippen MR) is 74.0 cm³/mol. The standard InChI is InChI=1S/C13H9N5S/c14-11-10-13(18-5-2-1-3-9(18)15-11)17-12(16-10)8-4-6-19-7-8/h1-7,14H,(H,16,17). The van der Waals surface area contributed by atoms with Crippen LogP contribution in [0.2, 0.25) is 0 Å². The maximum atomic E-state index is 7.99. The van der Waals surface area contributed by atoms with Crippen molar-refractivity contribution in [3.8, 4) is 11.4 Å². The number of H-pyrrole nitrogens is 1. The van der Waals surface area contributed by atoms with Crippen molar-refractivity contribution in [3.05, 3.63) is 46.7 Å². The number of pyridine rings is 1. The second-order valence-corrected chi connectivity index (χ2v) is 4.97. The topological polar surface area (TPSA) is 69.8 Å². The molecule has 4 aromatic heterocycles. The lowest BCUT2D eigenvalue weighted by Gasteiger charge is -1.99.